The molecular formula is C23H26N2O4S. The SMILES string of the molecule is CC(C)(C)[C@H]1CCc2c(sc(NC(=O)/C=C\c3ccc4c(c3)OCO4)c2C(N)=O)C1. The number of nitrogens with two attached hydrogens (primary N) is 1. The van der Waals surface area contributed by atoms with Gasteiger partial charge in [0.2, 0.25) is 12.7 Å². The van der Waals surface area contributed by atoms with Crippen molar-refractivity contribution in [3.63, 3.8) is 0 Å². The van der Waals surface area contributed by atoms with Gasteiger partial charge < -0.3 is 20.5 Å². The van der Waals surface area contributed by atoms with Crippen molar-refractivity contribution in [1.82, 2.24) is 0 Å². The number of rotatable bonds is 4. The third kappa shape index (κ3) is 4.07. The van der Waals surface area contributed by atoms with Gasteiger partial charge in [0.15, 0.2) is 11.5 Å². The molecule has 0 unspecified atom stereocenters. The first-order valence-electron chi connectivity index (χ1n) is 10.1. The summed E-state index contributed by atoms with van der Waals surface area (Å²) >= 11 is 1.47. The maximum absolute atomic E-state index is 12.5. The molecule has 6 nitrogen and oxygen atoms in total. The number of fused-ring (bicyclic) bond motifs is 2. The van der Waals surface area contributed by atoms with Crippen molar-refractivity contribution in [3.8, 4) is 11.5 Å². The van der Waals surface area contributed by atoms with Crippen molar-refractivity contribution in [3.05, 3.63) is 45.8 Å². The van der Waals surface area contributed by atoms with Crippen LogP contribution in [-0.4, -0.2) is 18.6 Å². The second-order valence-electron chi connectivity index (χ2n) is 8.81. The highest BCUT2D eigenvalue weighted by molar-refractivity contribution is 7.17. The summed E-state index contributed by atoms with van der Waals surface area (Å²) in [6.45, 7) is 6.94. The Kier molecular flexibility index (Phi) is 5.32. The number of benzene rings is 1. The van der Waals surface area contributed by atoms with E-state index in [4.69, 9.17) is 15.2 Å². The van der Waals surface area contributed by atoms with Crippen molar-refractivity contribution in [1.29, 1.82) is 0 Å². The number of hydrogen-bond donors (Lipinski definition) is 2. The minimum Gasteiger partial charge on any atom is -0.454 e. The van der Waals surface area contributed by atoms with Gasteiger partial charge in [-0.15, -0.1) is 11.3 Å². The Morgan fingerprint density at radius 2 is 2.00 bits per heavy atom. The topological polar surface area (TPSA) is 90.7 Å². The lowest BCUT2D eigenvalue weighted by molar-refractivity contribution is -0.111. The van der Waals surface area contributed by atoms with E-state index in [2.05, 4.69) is 26.1 Å². The van der Waals surface area contributed by atoms with Crippen LogP contribution in [0.1, 0.15) is 53.6 Å². The number of ether oxygens (including phenoxy) is 2. The molecule has 0 spiro atoms. The number of anilines is 1. The highest BCUT2D eigenvalue weighted by Gasteiger charge is 2.33. The first-order valence-corrected chi connectivity index (χ1v) is 10.9. The zero-order chi connectivity index (χ0) is 21.5. The van der Waals surface area contributed by atoms with E-state index in [-0.39, 0.29) is 18.1 Å². The van der Waals surface area contributed by atoms with Crippen LogP contribution in [0.3, 0.4) is 0 Å². The van der Waals surface area contributed by atoms with Gasteiger partial charge in [0.25, 0.3) is 5.91 Å². The van der Waals surface area contributed by atoms with Crippen LogP contribution >= 0.6 is 11.3 Å². The minimum absolute atomic E-state index is 0.200. The second kappa shape index (κ2) is 7.80. The van der Waals surface area contributed by atoms with Gasteiger partial charge in [0, 0.05) is 11.0 Å². The monoisotopic (exact) mass is 426 g/mol. The van der Waals surface area contributed by atoms with Crippen molar-refractivity contribution < 1.29 is 19.1 Å². The molecule has 0 radical (unpaired) electrons. The van der Waals surface area contributed by atoms with E-state index in [1.165, 1.54) is 17.4 Å². The average Bonchev–Trinajstić information content (AvgIpc) is 3.28. The number of primary amides is 1. The quantitative estimate of drug-likeness (QED) is 0.710. The molecule has 2 amide bonds. The van der Waals surface area contributed by atoms with Crippen LogP contribution < -0.4 is 20.5 Å². The Balaban J connectivity index is 1.52. The summed E-state index contributed by atoms with van der Waals surface area (Å²) in [5.41, 5.74) is 8.16. The van der Waals surface area contributed by atoms with Crippen LogP contribution in [-0.2, 0) is 17.6 Å². The zero-order valence-electron chi connectivity index (χ0n) is 17.4. The van der Waals surface area contributed by atoms with Crippen molar-refractivity contribution in [2.75, 3.05) is 12.1 Å². The number of amides is 2. The molecule has 30 heavy (non-hydrogen) atoms. The minimum atomic E-state index is -0.489. The lowest BCUT2D eigenvalue weighted by Crippen LogP contribution is -2.27. The Labute approximate surface area is 180 Å². The molecule has 158 valence electrons. The van der Waals surface area contributed by atoms with E-state index in [1.807, 2.05) is 18.2 Å². The van der Waals surface area contributed by atoms with Crippen molar-refractivity contribution >= 4 is 34.2 Å². The molecule has 0 bridgehead atoms. The molecule has 1 aliphatic heterocycles. The highest BCUT2D eigenvalue weighted by Crippen LogP contribution is 2.44. The van der Waals surface area contributed by atoms with E-state index >= 15 is 0 Å². The van der Waals surface area contributed by atoms with Gasteiger partial charge in [-0.25, -0.2) is 0 Å². The summed E-state index contributed by atoms with van der Waals surface area (Å²) in [5.74, 6) is 1.10. The molecule has 1 atom stereocenters. The van der Waals surface area contributed by atoms with E-state index in [1.54, 1.807) is 6.08 Å². The largest absolute Gasteiger partial charge is 0.454 e. The van der Waals surface area contributed by atoms with Crippen LogP contribution in [0.25, 0.3) is 6.08 Å². The Morgan fingerprint density at radius 1 is 1.23 bits per heavy atom. The molecule has 4 rings (SSSR count). The van der Waals surface area contributed by atoms with Gasteiger partial charge in [-0.2, -0.15) is 0 Å². The van der Waals surface area contributed by atoms with Gasteiger partial charge in [0.05, 0.1) is 5.56 Å². The third-order valence-electron chi connectivity index (χ3n) is 5.80. The standard InChI is InChI=1S/C23H26N2O4S/c1-23(2,3)14-6-7-15-18(11-14)30-22(20(15)21(24)27)25-19(26)9-5-13-4-8-16-17(10-13)29-12-28-16/h4-5,8-10,14H,6-7,11-12H2,1-3H3,(H2,24,27)(H,25,26)/b9-5-/t14-/m0/s1. The van der Waals surface area contributed by atoms with Gasteiger partial charge in [-0.05, 0) is 59.9 Å². The molecular weight excluding hydrogens is 400 g/mol. The zero-order valence-corrected chi connectivity index (χ0v) is 18.2. The van der Waals surface area contributed by atoms with E-state index in [0.717, 1.165) is 35.3 Å². The molecule has 1 aromatic carbocycles. The van der Waals surface area contributed by atoms with Gasteiger partial charge in [-0.1, -0.05) is 26.8 Å². The summed E-state index contributed by atoms with van der Waals surface area (Å²) in [6, 6.07) is 5.48. The van der Waals surface area contributed by atoms with E-state index in [9.17, 15) is 9.59 Å². The van der Waals surface area contributed by atoms with Crippen LogP contribution in [0.4, 0.5) is 5.00 Å². The summed E-state index contributed by atoms with van der Waals surface area (Å²) in [5, 5.41) is 3.41. The van der Waals surface area contributed by atoms with E-state index in [0.29, 0.717) is 28.0 Å². The Hall–Kier alpha value is -2.80. The summed E-state index contributed by atoms with van der Waals surface area (Å²) in [6.07, 6.45) is 5.88. The van der Waals surface area contributed by atoms with Crippen LogP contribution in [0, 0.1) is 11.3 Å². The molecule has 3 N–H and O–H groups in total. The first kappa shape index (κ1) is 20.5. The molecule has 2 aliphatic rings. The summed E-state index contributed by atoms with van der Waals surface area (Å²) in [7, 11) is 0. The molecule has 7 heteroatoms. The fourth-order valence-electron chi connectivity index (χ4n) is 4.02. The fourth-order valence-corrected chi connectivity index (χ4v) is 5.35. The normalized spacial score (nSPS) is 17.8. The van der Waals surface area contributed by atoms with Crippen molar-refractivity contribution in [2.24, 2.45) is 17.1 Å². The maximum Gasteiger partial charge on any atom is 0.251 e. The Morgan fingerprint density at radius 3 is 2.73 bits per heavy atom. The predicted octanol–water partition coefficient (Wildman–Crippen LogP) is 4.38. The van der Waals surface area contributed by atoms with Crippen LogP contribution in [0.15, 0.2) is 24.3 Å². The molecule has 1 aliphatic carbocycles. The second-order valence-corrected chi connectivity index (χ2v) is 9.92. The number of nitrogens with one attached hydrogen (secondary N) is 1. The maximum atomic E-state index is 12.5. The predicted molar refractivity (Wildman–Crippen MR) is 118 cm³/mol. The van der Waals surface area contributed by atoms with E-state index < -0.39 is 5.91 Å². The fraction of sp³-hybridized carbons (Fsp3) is 0.391. The summed E-state index contributed by atoms with van der Waals surface area (Å²) < 4.78 is 10.7. The lowest BCUT2D eigenvalue weighted by Gasteiger charge is -2.33. The van der Waals surface area contributed by atoms with Crippen molar-refractivity contribution in [2.45, 2.75) is 40.0 Å². The number of carbonyl (C=O) groups is 2. The molecule has 0 saturated heterocycles. The van der Waals surface area contributed by atoms with Gasteiger partial charge >= 0.3 is 0 Å². The average molecular weight is 427 g/mol. The number of carbonyl (C=O) groups excluding carboxylic acids is 2. The van der Waals surface area contributed by atoms with Crippen LogP contribution in [0.2, 0.25) is 0 Å². The van der Waals surface area contributed by atoms with Gasteiger partial charge in [0.1, 0.15) is 5.00 Å². The highest BCUT2D eigenvalue weighted by atomic mass is 32.1. The number of hydrogen-bond acceptors (Lipinski definition) is 5. The third-order valence-corrected chi connectivity index (χ3v) is 6.97. The number of thiophene rings is 1. The van der Waals surface area contributed by atoms with Gasteiger partial charge in [-0.3, -0.25) is 9.59 Å². The smallest absolute Gasteiger partial charge is 0.251 e. The first-order chi connectivity index (χ1) is 14.2. The lowest BCUT2D eigenvalue weighted by atomic mass is 9.72. The molecule has 0 fully saturated rings. The Bertz CT molecular complexity index is 1030. The molecule has 1 aromatic heterocycles. The molecule has 2 heterocycles. The van der Waals surface area contributed by atoms with Crippen LogP contribution in [0.5, 0.6) is 11.5 Å². The molecule has 0 saturated carbocycles. The molecule has 2 aromatic rings. The summed E-state index contributed by atoms with van der Waals surface area (Å²) in [4.78, 5) is 25.8.